The van der Waals surface area contributed by atoms with Crippen LogP contribution in [-0.2, 0) is 13.1 Å². The molecule has 0 saturated heterocycles. The van der Waals surface area contributed by atoms with E-state index in [1.807, 2.05) is 12.1 Å². The molecule has 0 aliphatic heterocycles. The van der Waals surface area contributed by atoms with Gasteiger partial charge >= 0.3 is 0 Å². The van der Waals surface area contributed by atoms with Crippen molar-refractivity contribution in [2.75, 3.05) is 7.11 Å². The number of methoxy groups -OCH3 is 1. The molecule has 104 valence electrons. The quantitative estimate of drug-likeness (QED) is 0.873. The van der Waals surface area contributed by atoms with E-state index in [-0.39, 0.29) is 0 Å². The monoisotopic (exact) mass is 268 g/mol. The summed E-state index contributed by atoms with van der Waals surface area (Å²) in [5, 5.41) is 3.50. The number of nitrogens with one attached hydrogen (secondary N) is 1. The van der Waals surface area contributed by atoms with E-state index in [1.165, 1.54) is 24.0 Å². The van der Waals surface area contributed by atoms with Gasteiger partial charge in [0.05, 0.1) is 7.11 Å². The predicted molar refractivity (Wildman–Crippen MR) is 79.7 cm³/mol. The van der Waals surface area contributed by atoms with Crippen LogP contribution >= 0.6 is 0 Å². The summed E-state index contributed by atoms with van der Waals surface area (Å²) < 4.78 is 5.27. The van der Waals surface area contributed by atoms with Gasteiger partial charge in [-0.05, 0) is 36.0 Å². The summed E-state index contributed by atoms with van der Waals surface area (Å²) in [7, 11) is 1.66. The summed E-state index contributed by atoms with van der Waals surface area (Å²) in [4.78, 5) is 4.22. The maximum Gasteiger partial charge on any atom is 0.217 e. The van der Waals surface area contributed by atoms with Gasteiger partial charge in [-0.2, -0.15) is 0 Å². The van der Waals surface area contributed by atoms with E-state index in [0.717, 1.165) is 24.6 Å². The van der Waals surface area contributed by atoms with Crippen LogP contribution in [0.2, 0.25) is 0 Å². The fourth-order valence-electron chi connectivity index (χ4n) is 2.56. The Bertz CT molecular complexity index is 579. The van der Waals surface area contributed by atoms with E-state index >= 15 is 0 Å². The lowest BCUT2D eigenvalue weighted by Gasteiger charge is -2.11. The highest BCUT2D eigenvalue weighted by Crippen LogP contribution is 2.41. The molecule has 1 aromatic heterocycles. The average molecular weight is 268 g/mol. The lowest BCUT2D eigenvalue weighted by atomic mass is 10.0. The topological polar surface area (TPSA) is 34.1 Å². The van der Waals surface area contributed by atoms with Gasteiger partial charge in [-0.15, -0.1) is 0 Å². The maximum atomic E-state index is 5.27. The van der Waals surface area contributed by atoms with Gasteiger partial charge in [0.2, 0.25) is 5.88 Å². The standard InChI is InChI=1S/C17H20N2O/c1-20-17-15(6-4-10-19-17)12-18-11-14-5-2-3-7-16(14)13-8-9-13/h2-7,10,13,18H,8-9,11-12H2,1H3. The number of nitrogens with zero attached hydrogens (tertiary/aromatic N) is 1. The van der Waals surface area contributed by atoms with Crippen molar-refractivity contribution in [3.63, 3.8) is 0 Å². The van der Waals surface area contributed by atoms with Crippen molar-refractivity contribution in [1.82, 2.24) is 10.3 Å². The summed E-state index contributed by atoms with van der Waals surface area (Å²) in [5.41, 5.74) is 4.02. The van der Waals surface area contributed by atoms with Crippen LogP contribution in [0.1, 0.15) is 35.4 Å². The largest absolute Gasteiger partial charge is 0.481 e. The molecule has 3 heteroatoms. The van der Waals surface area contributed by atoms with Crippen LogP contribution in [0, 0.1) is 0 Å². The molecule has 1 saturated carbocycles. The molecule has 2 aromatic rings. The Morgan fingerprint density at radius 2 is 1.85 bits per heavy atom. The van der Waals surface area contributed by atoms with E-state index in [9.17, 15) is 0 Å². The summed E-state index contributed by atoms with van der Waals surface area (Å²) in [6, 6.07) is 12.7. The van der Waals surface area contributed by atoms with Gasteiger partial charge in [0.25, 0.3) is 0 Å². The molecule has 1 fully saturated rings. The minimum absolute atomic E-state index is 0.704. The smallest absolute Gasteiger partial charge is 0.217 e. The number of ether oxygens (including phenoxy) is 1. The van der Waals surface area contributed by atoms with Gasteiger partial charge in [-0.1, -0.05) is 30.3 Å². The lowest BCUT2D eigenvalue weighted by Crippen LogP contribution is -2.14. The summed E-state index contributed by atoms with van der Waals surface area (Å²) >= 11 is 0. The maximum absolute atomic E-state index is 5.27. The van der Waals surface area contributed by atoms with Crippen LogP contribution in [0.4, 0.5) is 0 Å². The molecule has 1 aliphatic rings. The van der Waals surface area contributed by atoms with Crippen LogP contribution in [0.15, 0.2) is 42.6 Å². The van der Waals surface area contributed by atoms with Gasteiger partial charge in [0.15, 0.2) is 0 Å². The summed E-state index contributed by atoms with van der Waals surface area (Å²) in [5.74, 6) is 1.50. The van der Waals surface area contributed by atoms with Crippen molar-refractivity contribution in [1.29, 1.82) is 0 Å². The zero-order valence-electron chi connectivity index (χ0n) is 11.8. The van der Waals surface area contributed by atoms with Crippen LogP contribution in [-0.4, -0.2) is 12.1 Å². The number of pyridine rings is 1. The molecule has 1 N–H and O–H groups in total. The highest BCUT2D eigenvalue weighted by Gasteiger charge is 2.25. The Morgan fingerprint density at radius 1 is 1.10 bits per heavy atom. The third-order valence-electron chi connectivity index (χ3n) is 3.75. The second kappa shape index (κ2) is 6.06. The summed E-state index contributed by atoms with van der Waals surface area (Å²) in [6.07, 6.45) is 4.44. The number of hydrogen-bond donors (Lipinski definition) is 1. The van der Waals surface area contributed by atoms with Crippen molar-refractivity contribution in [2.24, 2.45) is 0 Å². The van der Waals surface area contributed by atoms with Gasteiger partial charge in [-0.3, -0.25) is 0 Å². The zero-order valence-corrected chi connectivity index (χ0v) is 11.8. The number of benzene rings is 1. The molecule has 0 amide bonds. The van der Waals surface area contributed by atoms with Gasteiger partial charge in [0, 0.05) is 24.8 Å². The molecule has 0 unspecified atom stereocenters. The molecule has 0 spiro atoms. The van der Waals surface area contributed by atoms with Crippen LogP contribution < -0.4 is 10.1 Å². The van der Waals surface area contributed by atoms with Gasteiger partial charge < -0.3 is 10.1 Å². The molecule has 3 rings (SSSR count). The molecule has 20 heavy (non-hydrogen) atoms. The number of hydrogen-bond acceptors (Lipinski definition) is 3. The lowest BCUT2D eigenvalue weighted by molar-refractivity contribution is 0.390. The molecule has 0 radical (unpaired) electrons. The average Bonchev–Trinajstić information content (AvgIpc) is 3.33. The Morgan fingerprint density at radius 3 is 2.65 bits per heavy atom. The Kier molecular flexibility index (Phi) is 3.97. The second-order valence-electron chi connectivity index (χ2n) is 5.25. The third kappa shape index (κ3) is 2.99. The minimum Gasteiger partial charge on any atom is -0.481 e. The van der Waals surface area contributed by atoms with Crippen LogP contribution in [0.5, 0.6) is 5.88 Å². The molecule has 3 nitrogen and oxygen atoms in total. The first kappa shape index (κ1) is 13.1. The summed E-state index contributed by atoms with van der Waals surface area (Å²) in [6.45, 7) is 1.67. The molecule has 1 aliphatic carbocycles. The van der Waals surface area contributed by atoms with E-state index < -0.39 is 0 Å². The van der Waals surface area contributed by atoms with E-state index in [4.69, 9.17) is 4.74 Å². The number of aromatic nitrogens is 1. The highest BCUT2D eigenvalue weighted by molar-refractivity contribution is 5.33. The highest BCUT2D eigenvalue weighted by atomic mass is 16.5. The molecular weight excluding hydrogens is 248 g/mol. The predicted octanol–water partition coefficient (Wildman–Crippen LogP) is 3.26. The first-order chi connectivity index (χ1) is 9.88. The minimum atomic E-state index is 0.704. The molecule has 1 heterocycles. The van der Waals surface area contributed by atoms with Crippen molar-refractivity contribution in [3.8, 4) is 5.88 Å². The van der Waals surface area contributed by atoms with E-state index in [0.29, 0.717) is 5.88 Å². The molecule has 0 bridgehead atoms. The normalized spacial score (nSPS) is 14.2. The van der Waals surface area contributed by atoms with Gasteiger partial charge in [-0.25, -0.2) is 4.98 Å². The van der Waals surface area contributed by atoms with Gasteiger partial charge in [0.1, 0.15) is 0 Å². The molecule has 0 atom stereocenters. The van der Waals surface area contributed by atoms with E-state index in [1.54, 1.807) is 13.3 Å². The first-order valence-electron chi connectivity index (χ1n) is 7.15. The Hall–Kier alpha value is -1.87. The molecular formula is C17H20N2O. The number of rotatable bonds is 6. The first-order valence-corrected chi connectivity index (χ1v) is 7.15. The van der Waals surface area contributed by atoms with Crippen molar-refractivity contribution in [2.45, 2.75) is 31.8 Å². The van der Waals surface area contributed by atoms with Crippen LogP contribution in [0.25, 0.3) is 0 Å². The molecule has 1 aromatic carbocycles. The second-order valence-corrected chi connectivity index (χ2v) is 5.25. The SMILES string of the molecule is COc1ncccc1CNCc1ccccc1C1CC1. The van der Waals surface area contributed by atoms with Crippen molar-refractivity contribution >= 4 is 0 Å². The van der Waals surface area contributed by atoms with E-state index in [2.05, 4.69) is 34.6 Å². The zero-order chi connectivity index (χ0) is 13.8. The van der Waals surface area contributed by atoms with Crippen molar-refractivity contribution in [3.05, 3.63) is 59.3 Å². The fraction of sp³-hybridized carbons (Fsp3) is 0.353. The van der Waals surface area contributed by atoms with Crippen LogP contribution in [0.3, 0.4) is 0 Å². The van der Waals surface area contributed by atoms with Crippen molar-refractivity contribution < 1.29 is 4.74 Å². The Balaban J connectivity index is 1.63. The third-order valence-corrected chi connectivity index (χ3v) is 3.75. The Labute approximate surface area is 120 Å². The fourth-order valence-corrected chi connectivity index (χ4v) is 2.56.